The van der Waals surface area contributed by atoms with Crippen LogP contribution in [0.25, 0.3) is 17.2 Å². The first kappa shape index (κ1) is 22.1. The zero-order chi connectivity index (χ0) is 23.0. The first-order chi connectivity index (χ1) is 16.2. The zero-order valence-electron chi connectivity index (χ0n) is 19.3. The molecule has 1 nitrogen and oxygen atoms in total. The number of fused-ring (bicyclic) bond motifs is 1. The average Bonchev–Trinajstić information content (AvgIpc) is 2.83. The Morgan fingerprint density at radius 3 is 2.39 bits per heavy atom. The van der Waals surface area contributed by atoms with Gasteiger partial charge in [0.25, 0.3) is 0 Å². The molecule has 0 N–H and O–H groups in total. The molecule has 0 spiro atoms. The van der Waals surface area contributed by atoms with Crippen LogP contribution in [0, 0.1) is 6.92 Å². The third kappa shape index (κ3) is 5.39. The average molecular weight is 428 g/mol. The first-order valence-corrected chi connectivity index (χ1v) is 11.3. The molecule has 0 bridgehead atoms. The molecule has 4 rings (SSSR count). The Morgan fingerprint density at radius 2 is 1.61 bits per heavy atom. The van der Waals surface area contributed by atoms with E-state index in [9.17, 15) is 0 Å². The van der Waals surface area contributed by atoms with Crippen LogP contribution >= 0.6 is 0 Å². The van der Waals surface area contributed by atoms with E-state index in [1.165, 1.54) is 11.1 Å². The molecule has 0 amide bonds. The maximum atomic E-state index is 4.40. The lowest BCUT2D eigenvalue weighted by Crippen LogP contribution is -2.11. The summed E-state index contributed by atoms with van der Waals surface area (Å²) in [6.45, 7) is 8.54. The fourth-order valence-corrected chi connectivity index (χ4v) is 3.88. The van der Waals surface area contributed by atoms with E-state index in [2.05, 4.69) is 122 Å². The van der Waals surface area contributed by atoms with Gasteiger partial charge in [-0.3, -0.25) is 0 Å². The summed E-state index contributed by atoms with van der Waals surface area (Å²) >= 11 is 0. The Balaban J connectivity index is 1.69. The largest absolute Gasteiger partial charge is 0.317 e. The van der Waals surface area contributed by atoms with Crippen LogP contribution in [-0.2, 0) is 0 Å². The molecule has 0 aliphatic carbocycles. The van der Waals surface area contributed by atoms with Gasteiger partial charge >= 0.3 is 0 Å². The zero-order valence-corrected chi connectivity index (χ0v) is 19.3. The number of hydrogen-bond donors (Lipinski definition) is 0. The van der Waals surface area contributed by atoms with E-state index in [0.717, 1.165) is 33.6 Å². The normalized spacial score (nSPS) is 16.6. The van der Waals surface area contributed by atoms with Crippen molar-refractivity contribution in [1.82, 2.24) is 0 Å². The predicted molar refractivity (Wildman–Crippen MR) is 145 cm³/mol. The second-order valence-corrected chi connectivity index (χ2v) is 8.06. The molecule has 1 aliphatic heterocycles. The Kier molecular flexibility index (Phi) is 7.02. The number of para-hydroxylation sites is 1. The molecule has 0 aromatic heterocycles. The summed E-state index contributed by atoms with van der Waals surface area (Å²) in [5.41, 5.74) is 9.11. The summed E-state index contributed by atoms with van der Waals surface area (Å²) < 4.78 is 0. The van der Waals surface area contributed by atoms with Crippen molar-refractivity contribution in [3.63, 3.8) is 0 Å². The minimum atomic E-state index is 1.00. The maximum absolute atomic E-state index is 4.40. The number of hydrogen-bond acceptors (Lipinski definition) is 1. The smallest absolute Gasteiger partial charge is 0.0533 e. The lowest BCUT2D eigenvalue weighted by atomic mass is 9.96. The highest BCUT2D eigenvalue weighted by Gasteiger charge is 2.15. The van der Waals surface area contributed by atoms with E-state index in [-0.39, 0.29) is 0 Å². The van der Waals surface area contributed by atoms with Gasteiger partial charge in [0, 0.05) is 17.5 Å². The van der Waals surface area contributed by atoms with E-state index in [4.69, 9.17) is 0 Å². The molecule has 1 heteroatoms. The maximum Gasteiger partial charge on any atom is 0.0533 e. The molecule has 1 aliphatic rings. The van der Waals surface area contributed by atoms with E-state index in [1.54, 1.807) is 0 Å². The number of aryl methyl sites for hydroxylation is 1. The van der Waals surface area contributed by atoms with E-state index in [0.29, 0.717) is 0 Å². The van der Waals surface area contributed by atoms with Crippen LogP contribution in [0.15, 0.2) is 128 Å². The minimum Gasteiger partial charge on any atom is -0.317 e. The molecule has 0 unspecified atom stereocenters. The second-order valence-electron chi connectivity index (χ2n) is 8.06. The lowest BCUT2D eigenvalue weighted by Gasteiger charge is -2.26. The number of benzene rings is 3. The SMILES string of the molecule is C=C1/C=C(c2ccc(/C=C/C=C\C=C/C)cc2)\C=C/N(c2cccc(C)c2)c2ccccc21. The molecule has 162 valence electrons. The van der Waals surface area contributed by atoms with Crippen molar-refractivity contribution in [1.29, 1.82) is 0 Å². The topological polar surface area (TPSA) is 3.24 Å². The van der Waals surface area contributed by atoms with Gasteiger partial charge in [0.1, 0.15) is 0 Å². The molecule has 1 heterocycles. The van der Waals surface area contributed by atoms with Crippen LogP contribution in [0.2, 0.25) is 0 Å². The molecule has 33 heavy (non-hydrogen) atoms. The fourth-order valence-electron chi connectivity index (χ4n) is 3.88. The van der Waals surface area contributed by atoms with Gasteiger partial charge in [0.2, 0.25) is 0 Å². The standard InChI is InChI=1S/C32H29N/c1-4-5-6-7-8-13-27-17-19-28(20-18-27)29-21-22-33(30-14-11-12-25(2)23-30)32-16-10-9-15-31(32)26(3)24-29/h4-24H,3H2,1-2H3/b5-4-,7-6-,13-8+,22-21-,29-24+. The number of allylic oxidation sites excluding steroid dienone is 9. The summed E-state index contributed by atoms with van der Waals surface area (Å²) in [5.74, 6) is 0. The molecule has 0 saturated carbocycles. The Morgan fingerprint density at radius 1 is 0.818 bits per heavy atom. The summed E-state index contributed by atoms with van der Waals surface area (Å²) in [4.78, 5) is 2.24. The third-order valence-electron chi connectivity index (χ3n) is 5.58. The predicted octanol–water partition coefficient (Wildman–Crippen LogP) is 8.90. The van der Waals surface area contributed by atoms with Gasteiger partial charge in [-0.1, -0.05) is 97.6 Å². The van der Waals surface area contributed by atoms with Gasteiger partial charge in [0.05, 0.1) is 5.69 Å². The van der Waals surface area contributed by atoms with Crippen molar-refractivity contribution < 1.29 is 0 Å². The summed E-state index contributed by atoms with van der Waals surface area (Å²) in [5, 5.41) is 0. The highest BCUT2D eigenvalue weighted by atomic mass is 15.1. The van der Waals surface area contributed by atoms with Gasteiger partial charge < -0.3 is 4.90 Å². The Bertz CT molecular complexity index is 1280. The molecule has 3 aromatic carbocycles. The van der Waals surface area contributed by atoms with Crippen LogP contribution in [-0.4, -0.2) is 0 Å². The summed E-state index contributed by atoms with van der Waals surface area (Å²) in [7, 11) is 0. The van der Waals surface area contributed by atoms with E-state index < -0.39 is 0 Å². The molecule has 3 aromatic rings. The molecule has 0 saturated heterocycles. The van der Waals surface area contributed by atoms with Gasteiger partial charge in [-0.25, -0.2) is 0 Å². The molecule has 0 fully saturated rings. The van der Waals surface area contributed by atoms with Gasteiger partial charge in [0.15, 0.2) is 0 Å². The summed E-state index contributed by atoms with van der Waals surface area (Å²) in [6.07, 6.45) is 18.8. The van der Waals surface area contributed by atoms with Crippen molar-refractivity contribution >= 4 is 28.6 Å². The van der Waals surface area contributed by atoms with Crippen molar-refractivity contribution in [2.75, 3.05) is 4.90 Å². The van der Waals surface area contributed by atoms with E-state index in [1.807, 2.05) is 31.2 Å². The highest BCUT2D eigenvalue weighted by Crippen LogP contribution is 2.36. The van der Waals surface area contributed by atoms with Crippen LogP contribution < -0.4 is 4.90 Å². The summed E-state index contributed by atoms with van der Waals surface area (Å²) in [6, 6.07) is 25.7. The minimum absolute atomic E-state index is 1.00. The second kappa shape index (κ2) is 10.5. The Labute approximate surface area is 197 Å². The van der Waals surface area contributed by atoms with Gasteiger partial charge in [-0.15, -0.1) is 0 Å². The highest BCUT2D eigenvalue weighted by molar-refractivity contribution is 5.93. The molecule has 0 atom stereocenters. The first-order valence-electron chi connectivity index (χ1n) is 11.3. The van der Waals surface area contributed by atoms with Gasteiger partial charge in [-0.05, 0) is 72.0 Å². The van der Waals surface area contributed by atoms with Crippen molar-refractivity contribution in [3.05, 3.63) is 150 Å². The van der Waals surface area contributed by atoms with Gasteiger partial charge in [-0.2, -0.15) is 0 Å². The van der Waals surface area contributed by atoms with Crippen LogP contribution in [0.5, 0.6) is 0 Å². The monoisotopic (exact) mass is 427 g/mol. The van der Waals surface area contributed by atoms with Crippen molar-refractivity contribution in [2.45, 2.75) is 13.8 Å². The number of nitrogens with zero attached hydrogens (tertiary/aromatic N) is 1. The van der Waals surface area contributed by atoms with Crippen LogP contribution in [0.4, 0.5) is 11.4 Å². The fraction of sp³-hybridized carbons (Fsp3) is 0.0625. The quantitative estimate of drug-likeness (QED) is 0.367. The molecular weight excluding hydrogens is 398 g/mol. The Hall–Kier alpha value is -4.10. The molecule has 0 radical (unpaired) electrons. The third-order valence-corrected chi connectivity index (χ3v) is 5.58. The van der Waals surface area contributed by atoms with Crippen molar-refractivity contribution in [2.24, 2.45) is 0 Å². The molecular formula is C32H29N. The number of rotatable bonds is 5. The lowest BCUT2D eigenvalue weighted by molar-refractivity contribution is 1.26. The number of anilines is 2. The van der Waals surface area contributed by atoms with Crippen molar-refractivity contribution in [3.8, 4) is 0 Å². The van der Waals surface area contributed by atoms with Crippen LogP contribution in [0.3, 0.4) is 0 Å². The van der Waals surface area contributed by atoms with Crippen LogP contribution in [0.1, 0.15) is 29.2 Å². The van der Waals surface area contributed by atoms with E-state index >= 15 is 0 Å².